The normalized spacial score (nSPS) is 20.2. The number of fused-ring (bicyclic) bond motifs is 1. The minimum Gasteiger partial charge on any atom is -0.382 e. The molecule has 0 aliphatic carbocycles. The van der Waals surface area contributed by atoms with Gasteiger partial charge in [0.2, 0.25) is 0 Å². The number of piperazine rings is 2. The molecular formula is C48H69Cl4N15O2. The molecule has 7 N–H and O–H groups in total. The van der Waals surface area contributed by atoms with Gasteiger partial charge in [-0.2, -0.15) is 0 Å². The first-order chi connectivity index (χ1) is 32.4. The summed E-state index contributed by atoms with van der Waals surface area (Å²) >= 11 is 24.9. The minimum atomic E-state index is -0.614. The van der Waals surface area contributed by atoms with Crippen LogP contribution in [-0.4, -0.2) is 145 Å². The minimum absolute atomic E-state index is 0. The van der Waals surface area contributed by atoms with Crippen molar-refractivity contribution in [2.75, 3.05) is 81.0 Å². The fraction of sp³-hybridized carbons (Fsp3) is 0.542. The number of amides is 1. The summed E-state index contributed by atoms with van der Waals surface area (Å²) in [5, 5.41) is 2.05. The Morgan fingerprint density at radius 1 is 0.638 bits per heavy atom. The Kier molecular flexibility index (Phi) is 19.3. The van der Waals surface area contributed by atoms with E-state index >= 15 is 0 Å². The maximum absolute atomic E-state index is 11.8. The molecule has 9 rings (SSSR count). The molecule has 2 aromatic carbocycles. The Bertz CT molecular complexity index is 2500. The molecule has 376 valence electrons. The number of piperidine rings is 2. The largest absolute Gasteiger partial charge is 0.382 e. The third-order valence-corrected chi connectivity index (χ3v) is 14.8. The van der Waals surface area contributed by atoms with Crippen LogP contribution < -0.4 is 32.5 Å². The van der Waals surface area contributed by atoms with Gasteiger partial charge in [0.05, 0.1) is 0 Å². The van der Waals surface area contributed by atoms with Crippen LogP contribution in [0.15, 0.2) is 53.3 Å². The van der Waals surface area contributed by atoms with E-state index in [4.69, 9.17) is 58.0 Å². The zero-order chi connectivity index (χ0) is 47.2. The highest BCUT2D eigenvalue weighted by molar-refractivity contribution is 6.32. The highest BCUT2D eigenvalue weighted by Gasteiger charge is 2.36. The van der Waals surface area contributed by atoms with Gasteiger partial charge in [-0.1, -0.05) is 99.4 Å². The number of H-pyrrole nitrogens is 2. The molecule has 7 heterocycles. The van der Waals surface area contributed by atoms with Crippen LogP contribution in [0.25, 0.3) is 11.3 Å². The molecule has 1 amide bonds. The van der Waals surface area contributed by atoms with Crippen LogP contribution >= 0.6 is 46.4 Å². The Morgan fingerprint density at radius 2 is 1.06 bits per heavy atom. The van der Waals surface area contributed by atoms with Crippen LogP contribution in [-0.2, 0) is 13.1 Å². The second-order valence-corrected chi connectivity index (χ2v) is 19.5. The Hall–Kier alpha value is -4.30. The average molecular weight is 1030 g/mol. The smallest absolute Gasteiger partial charge is 0.326 e. The standard InChI is InChI=1S/C23H32Cl2N8O.C23H29Cl2N7O.2CH4/c1-2-17-14-32(22-20(25)28-19(21(26)29-22)23(34)30-27)11-12-33(17)18-7-9-31(10-8-18)13-15-3-5-16(24)6-4-15;1-2-17-14-31(22-19(25)26-20-21(27-22)29-23(33)28-20)11-12-32(17)18-7-9-30(10-8-18)13-15-3-5-16(24)6-4-15;;/h3-6,17-18H,2,7-14,27H2,1H3,(H2,26,29)(H,30,34);3-6,17-18H,2,7-14H2,1H3,(H2,26,27,28,29,33);2*1H4/t2*17-;;/m00../s1. The molecule has 17 nitrogen and oxygen atoms in total. The number of halogens is 4. The molecule has 5 aromatic rings. The first-order valence-corrected chi connectivity index (χ1v) is 24.8. The van der Waals surface area contributed by atoms with E-state index in [1.807, 2.05) is 29.7 Å². The van der Waals surface area contributed by atoms with Crippen LogP contribution in [0.1, 0.15) is 88.8 Å². The van der Waals surface area contributed by atoms with Crippen molar-refractivity contribution in [2.24, 2.45) is 5.84 Å². The number of aromatic nitrogens is 6. The molecule has 4 aliphatic rings. The van der Waals surface area contributed by atoms with Crippen molar-refractivity contribution in [3.05, 3.63) is 96.2 Å². The van der Waals surface area contributed by atoms with Crippen LogP contribution in [0.5, 0.6) is 0 Å². The van der Waals surface area contributed by atoms with Gasteiger partial charge in [-0.3, -0.25) is 39.8 Å². The fourth-order valence-corrected chi connectivity index (χ4v) is 11.0. The van der Waals surface area contributed by atoms with Gasteiger partial charge in [-0.15, -0.1) is 0 Å². The van der Waals surface area contributed by atoms with Crippen LogP contribution in [0.4, 0.5) is 17.5 Å². The van der Waals surface area contributed by atoms with Crippen LogP contribution in [0.2, 0.25) is 20.4 Å². The Labute approximate surface area is 426 Å². The number of anilines is 3. The van der Waals surface area contributed by atoms with E-state index in [9.17, 15) is 9.59 Å². The van der Waals surface area contributed by atoms with E-state index in [2.05, 4.69) is 97.4 Å². The van der Waals surface area contributed by atoms with Crippen molar-refractivity contribution in [1.29, 1.82) is 0 Å². The number of likely N-dealkylation sites (tertiary alicyclic amines) is 2. The second kappa shape index (κ2) is 24.7. The molecule has 3 aromatic heterocycles. The second-order valence-electron chi connectivity index (χ2n) is 17.9. The summed E-state index contributed by atoms with van der Waals surface area (Å²) in [5.74, 6) is 5.76. The quantitative estimate of drug-likeness (QED) is 0.0501. The summed E-state index contributed by atoms with van der Waals surface area (Å²) in [6.45, 7) is 16.0. The number of nitrogens with zero attached hydrogens (tertiary/aromatic N) is 10. The number of nitrogens with two attached hydrogens (primary N) is 2. The number of hydrogen-bond acceptors (Lipinski definition) is 14. The number of nitrogen functional groups attached to an aromatic ring is 2. The van der Waals surface area contributed by atoms with Gasteiger partial charge >= 0.3 is 5.69 Å². The number of benzene rings is 2. The molecule has 0 radical (unpaired) electrons. The van der Waals surface area contributed by atoms with Gasteiger partial charge in [0.25, 0.3) is 5.91 Å². The summed E-state index contributed by atoms with van der Waals surface area (Å²) in [5.41, 5.74) is 11.1. The van der Waals surface area contributed by atoms with Crippen molar-refractivity contribution < 1.29 is 4.79 Å². The van der Waals surface area contributed by atoms with Crippen LogP contribution in [0.3, 0.4) is 0 Å². The maximum Gasteiger partial charge on any atom is 0.326 e. The molecule has 69 heavy (non-hydrogen) atoms. The van der Waals surface area contributed by atoms with Gasteiger partial charge in [0.1, 0.15) is 0 Å². The van der Waals surface area contributed by atoms with E-state index in [1.54, 1.807) is 0 Å². The molecule has 0 unspecified atom stereocenters. The summed E-state index contributed by atoms with van der Waals surface area (Å²) < 4.78 is 0. The lowest BCUT2D eigenvalue weighted by atomic mass is 9.98. The third-order valence-electron chi connectivity index (χ3n) is 13.8. The summed E-state index contributed by atoms with van der Waals surface area (Å²) in [6.07, 6.45) is 6.76. The van der Waals surface area contributed by atoms with Gasteiger partial charge in [-0.25, -0.2) is 30.6 Å². The summed E-state index contributed by atoms with van der Waals surface area (Å²) in [7, 11) is 0. The third kappa shape index (κ3) is 13.2. The van der Waals surface area contributed by atoms with E-state index in [0.717, 1.165) is 114 Å². The lowest BCUT2D eigenvalue weighted by Crippen LogP contribution is -2.58. The molecule has 0 spiro atoms. The first kappa shape index (κ1) is 54.0. The highest BCUT2D eigenvalue weighted by Crippen LogP contribution is 2.32. The van der Waals surface area contributed by atoms with Crippen molar-refractivity contribution in [1.82, 2.24) is 54.9 Å². The van der Waals surface area contributed by atoms with E-state index in [-0.39, 0.29) is 37.2 Å². The number of imidazole rings is 1. The predicted molar refractivity (Wildman–Crippen MR) is 282 cm³/mol. The zero-order valence-electron chi connectivity index (χ0n) is 38.1. The predicted octanol–water partition coefficient (Wildman–Crippen LogP) is 7.32. The molecule has 2 atom stereocenters. The molecule has 4 fully saturated rings. The number of carbonyl (C=O) groups is 1. The van der Waals surface area contributed by atoms with Crippen molar-refractivity contribution >= 4 is 81.1 Å². The number of nitrogens with one attached hydrogen (secondary N) is 3. The van der Waals surface area contributed by atoms with Crippen molar-refractivity contribution in [3.8, 4) is 0 Å². The number of hydrazine groups is 1. The number of carbonyl (C=O) groups excluding carboxylic acids is 1. The van der Waals surface area contributed by atoms with E-state index in [1.165, 1.54) is 24.0 Å². The highest BCUT2D eigenvalue weighted by atomic mass is 35.5. The molecule has 0 bridgehead atoms. The van der Waals surface area contributed by atoms with Gasteiger partial charge in [0.15, 0.2) is 44.7 Å². The fourth-order valence-electron chi connectivity index (χ4n) is 10.2. The van der Waals surface area contributed by atoms with E-state index < -0.39 is 5.91 Å². The van der Waals surface area contributed by atoms with Gasteiger partial charge in [0, 0.05) is 86.6 Å². The lowest BCUT2D eigenvalue weighted by Gasteiger charge is -2.47. The topological polar surface area (TPSA) is 201 Å². The molecule has 0 saturated carbocycles. The average Bonchev–Trinajstić information content (AvgIpc) is 3.71. The molecule has 4 saturated heterocycles. The Balaban J connectivity index is 0.000000220. The SMILES string of the molecule is C.C.CC[C@H]1CN(c2nc(N)c(C(=O)NN)nc2Cl)CCN1C1CCN(Cc2ccc(Cl)cc2)CC1.CC[C@H]1CN(c2nc3[nH]c(=O)[nH]c3nc2Cl)CCN1C1CCN(Cc2ccc(Cl)cc2)CC1. The monoisotopic (exact) mass is 1030 g/mol. The lowest BCUT2D eigenvalue weighted by molar-refractivity contribution is 0.0610. The maximum atomic E-state index is 11.8. The summed E-state index contributed by atoms with van der Waals surface area (Å²) in [6, 6.07) is 18.3. The van der Waals surface area contributed by atoms with E-state index in [0.29, 0.717) is 52.3 Å². The van der Waals surface area contributed by atoms with Gasteiger partial charge in [-0.05, 0) is 100 Å². The number of rotatable bonds is 11. The number of aromatic amines is 2. The van der Waals surface area contributed by atoms with Crippen LogP contribution in [0, 0.1) is 0 Å². The molecular weight excluding hydrogens is 960 g/mol. The van der Waals surface area contributed by atoms with Crippen molar-refractivity contribution in [3.63, 3.8) is 0 Å². The van der Waals surface area contributed by atoms with Gasteiger partial charge < -0.3 is 15.5 Å². The van der Waals surface area contributed by atoms with Crippen molar-refractivity contribution in [2.45, 2.75) is 104 Å². The zero-order valence-corrected chi connectivity index (χ0v) is 41.1. The summed E-state index contributed by atoms with van der Waals surface area (Å²) in [4.78, 5) is 60.9. The molecule has 4 aliphatic heterocycles. The molecule has 21 heteroatoms. The Morgan fingerprint density at radius 3 is 1.49 bits per heavy atom. The first-order valence-electron chi connectivity index (χ1n) is 23.3. The number of hydrogen-bond donors (Lipinski definition) is 5.